The topological polar surface area (TPSA) is 38.1 Å². The fourth-order valence-electron chi connectivity index (χ4n) is 3.57. The average molecular weight is 388 g/mol. The lowest BCUT2D eigenvalue weighted by Gasteiger charge is -2.18. The molecule has 0 unspecified atom stereocenters. The van der Waals surface area contributed by atoms with Gasteiger partial charge in [0.15, 0.2) is 0 Å². The van der Waals surface area contributed by atoms with Crippen molar-refractivity contribution in [3.05, 3.63) is 61.5 Å². The average Bonchev–Trinajstić information content (AvgIpc) is 3.22. The minimum absolute atomic E-state index is 0.0704. The molecule has 136 valence electrons. The van der Waals surface area contributed by atoms with E-state index in [1.165, 1.54) is 17.7 Å². The van der Waals surface area contributed by atoms with Crippen molar-refractivity contribution in [1.82, 2.24) is 14.5 Å². The molecule has 1 aromatic carbocycles. The van der Waals surface area contributed by atoms with Gasteiger partial charge in [-0.25, -0.2) is 4.98 Å². The number of benzene rings is 1. The maximum Gasteiger partial charge on any atom is 0.262 e. The van der Waals surface area contributed by atoms with Crippen LogP contribution in [0.3, 0.4) is 0 Å². The lowest BCUT2D eigenvalue weighted by atomic mass is 10.2. The van der Waals surface area contributed by atoms with Crippen LogP contribution < -0.4 is 5.56 Å². The van der Waals surface area contributed by atoms with E-state index in [2.05, 4.69) is 11.8 Å². The molecule has 3 aromatic rings. The van der Waals surface area contributed by atoms with Crippen LogP contribution in [0.2, 0.25) is 5.02 Å². The molecule has 1 saturated heterocycles. The van der Waals surface area contributed by atoms with Gasteiger partial charge in [0, 0.05) is 9.90 Å². The second kappa shape index (κ2) is 7.14. The SMILES string of the molecule is Cc1sc2nc(CN3CCCC3)n(Cc3ccc(Cl)cc3)c(=O)c2c1C. The van der Waals surface area contributed by atoms with Crippen LogP contribution in [0.1, 0.15) is 34.7 Å². The molecule has 0 amide bonds. The molecule has 1 fully saturated rings. The molecule has 0 radical (unpaired) electrons. The molecule has 0 bridgehead atoms. The second-order valence-electron chi connectivity index (χ2n) is 6.99. The molecular weight excluding hydrogens is 366 g/mol. The van der Waals surface area contributed by atoms with Gasteiger partial charge >= 0.3 is 0 Å². The molecule has 26 heavy (non-hydrogen) atoms. The zero-order chi connectivity index (χ0) is 18.3. The number of thiophene rings is 1. The first-order valence-electron chi connectivity index (χ1n) is 8.99. The fourth-order valence-corrected chi connectivity index (χ4v) is 4.73. The Balaban J connectivity index is 1.83. The summed E-state index contributed by atoms with van der Waals surface area (Å²) in [5.74, 6) is 0.862. The number of aryl methyl sites for hydroxylation is 2. The predicted octanol–water partition coefficient (Wildman–Crippen LogP) is 4.37. The number of fused-ring (bicyclic) bond motifs is 1. The van der Waals surface area contributed by atoms with Gasteiger partial charge in [-0.15, -0.1) is 11.3 Å². The van der Waals surface area contributed by atoms with Crippen molar-refractivity contribution in [2.24, 2.45) is 0 Å². The van der Waals surface area contributed by atoms with Crippen molar-refractivity contribution in [3.63, 3.8) is 0 Å². The van der Waals surface area contributed by atoms with Gasteiger partial charge < -0.3 is 0 Å². The Morgan fingerprint density at radius 2 is 1.81 bits per heavy atom. The van der Waals surface area contributed by atoms with Gasteiger partial charge in [0.1, 0.15) is 10.7 Å². The zero-order valence-electron chi connectivity index (χ0n) is 15.1. The van der Waals surface area contributed by atoms with Crippen LogP contribution in [0.15, 0.2) is 29.1 Å². The van der Waals surface area contributed by atoms with Gasteiger partial charge in [-0.1, -0.05) is 23.7 Å². The zero-order valence-corrected chi connectivity index (χ0v) is 16.7. The summed E-state index contributed by atoms with van der Waals surface area (Å²) >= 11 is 7.63. The van der Waals surface area contributed by atoms with Crippen molar-refractivity contribution in [2.45, 2.75) is 39.8 Å². The summed E-state index contributed by atoms with van der Waals surface area (Å²) in [6.45, 7) is 7.49. The molecule has 2 aromatic heterocycles. The minimum Gasteiger partial charge on any atom is -0.296 e. The molecule has 0 atom stereocenters. The highest BCUT2D eigenvalue weighted by Crippen LogP contribution is 2.27. The van der Waals surface area contributed by atoms with Crippen molar-refractivity contribution < 1.29 is 0 Å². The van der Waals surface area contributed by atoms with Gasteiger partial charge in [0.05, 0.1) is 18.5 Å². The third-order valence-corrected chi connectivity index (χ3v) is 6.54. The maximum atomic E-state index is 13.3. The number of halogens is 1. The van der Waals surface area contributed by atoms with E-state index in [0.717, 1.165) is 46.8 Å². The van der Waals surface area contributed by atoms with Gasteiger partial charge in [-0.05, 0) is 63.0 Å². The second-order valence-corrected chi connectivity index (χ2v) is 8.63. The highest BCUT2D eigenvalue weighted by molar-refractivity contribution is 7.18. The summed E-state index contributed by atoms with van der Waals surface area (Å²) in [6.07, 6.45) is 2.45. The Bertz CT molecular complexity index is 1000. The number of likely N-dealkylation sites (tertiary alicyclic amines) is 1. The van der Waals surface area contributed by atoms with E-state index in [1.54, 1.807) is 11.3 Å². The van der Waals surface area contributed by atoms with Crippen molar-refractivity contribution >= 4 is 33.2 Å². The van der Waals surface area contributed by atoms with E-state index >= 15 is 0 Å². The number of hydrogen-bond acceptors (Lipinski definition) is 4. The van der Waals surface area contributed by atoms with Gasteiger partial charge in [0.2, 0.25) is 0 Å². The molecule has 3 heterocycles. The van der Waals surface area contributed by atoms with Crippen LogP contribution in [0.5, 0.6) is 0 Å². The van der Waals surface area contributed by atoms with Crippen LogP contribution in [0.25, 0.3) is 10.2 Å². The van der Waals surface area contributed by atoms with E-state index in [9.17, 15) is 4.79 Å². The van der Waals surface area contributed by atoms with Crippen molar-refractivity contribution in [1.29, 1.82) is 0 Å². The number of rotatable bonds is 4. The maximum absolute atomic E-state index is 13.3. The van der Waals surface area contributed by atoms with Crippen LogP contribution in [-0.4, -0.2) is 27.5 Å². The summed E-state index contributed by atoms with van der Waals surface area (Å²) in [5.41, 5.74) is 2.19. The number of aromatic nitrogens is 2. The molecule has 6 heteroatoms. The molecule has 0 aliphatic carbocycles. The van der Waals surface area contributed by atoms with E-state index in [4.69, 9.17) is 16.6 Å². The largest absolute Gasteiger partial charge is 0.296 e. The summed E-state index contributed by atoms with van der Waals surface area (Å²) in [6, 6.07) is 7.69. The summed E-state index contributed by atoms with van der Waals surface area (Å²) in [5, 5.41) is 1.47. The first-order valence-corrected chi connectivity index (χ1v) is 10.2. The molecule has 0 spiro atoms. The highest BCUT2D eigenvalue weighted by atomic mass is 35.5. The van der Waals surface area contributed by atoms with Crippen molar-refractivity contribution in [3.8, 4) is 0 Å². The van der Waals surface area contributed by atoms with E-state index in [-0.39, 0.29) is 5.56 Å². The van der Waals surface area contributed by atoms with Crippen molar-refractivity contribution in [2.75, 3.05) is 13.1 Å². The Kier molecular flexibility index (Phi) is 4.86. The Hall–Kier alpha value is -1.69. The molecule has 1 aliphatic heterocycles. The standard InChI is InChI=1S/C20H22ClN3OS/c1-13-14(2)26-19-18(13)20(25)24(11-15-5-7-16(21)8-6-15)17(22-19)12-23-9-3-4-10-23/h5-8H,3-4,9-12H2,1-2H3. The molecule has 0 saturated carbocycles. The quantitative estimate of drug-likeness (QED) is 0.667. The third-order valence-electron chi connectivity index (χ3n) is 5.19. The van der Waals surface area contributed by atoms with Crippen LogP contribution >= 0.6 is 22.9 Å². The lowest BCUT2D eigenvalue weighted by Crippen LogP contribution is -2.30. The monoisotopic (exact) mass is 387 g/mol. The summed E-state index contributed by atoms with van der Waals surface area (Å²) in [4.78, 5) is 22.6. The summed E-state index contributed by atoms with van der Waals surface area (Å²) < 4.78 is 1.85. The Morgan fingerprint density at radius 1 is 1.12 bits per heavy atom. The van der Waals surface area contributed by atoms with Gasteiger partial charge in [-0.2, -0.15) is 0 Å². The first-order chi connectivity index (χ1) is 12.5. The third kappa shape index (κ3) is 3.31. The Morgan fingerprint density at radius 3 is 2.50 bits per heavy atom. The molecule has 4 rings (SSSR count). The lowest BCUT2D eigenvalue weighted by molar-refractivity contribution is 0.315. The first kappa shape index (κ1) is 17.7. The Labute approximate surface area is 162 Å². The van der Waals surface area contributed by atoms with Crippen LogP contribution in [-0.2, 0) is 13.1 Å². The van der Waals surface area contributed by atoms with Gasteiger partial charge in [-0.3, -0.25) is 14.3 Å². The normalized spacial score (nSPS) is 15.2. The molecule has 0 N–H and O–H groups in total. The number of nitrogens with zero attached hydrogens (tertiary/aromatic N) is 3. The highest BCUT2D eigenvalue weighted by Gasteiger charge is 2.20. The molecule has 4 nitrogen and oxygen atoms in total. The molecular formula is C20H22ClN3OS. The summed E-state index contributed by atoms with van der Waals surface area (Å²) in [7, 11) is 0. The number of hydrogen-bond donors (Lipinski definition) is 0. The van der Waals surface area contributed by atoms with E-state index in [0.29, 0.717) is 11.6 Å². The minimum atomic E-state index is 0.0704. The van der Waals surface area contributed by atoms with E-state index in [1.807, 2.05) is 35.8 Å². The predicted molar refractivity (Wildman–Crippen MR) is 108 cm³/mol. The molecule has 1 aliphatic rings. The van der Waals surface area contributed by atoms with E-state index < -0.39 is 0 Å². The van der Waals surface area contributed by atoms with Gasteiger partial charge in [0.25, 0.3) is 5.56 Å². The van der Waals surface area contributed by atoms with Crippen LogP contribution in [0.4, 0.5) is 0 Å². The smallest absolute Gasteiger partial charge is 0.262 e. The fraction of sp³-hybridized carbons (Fsp3) is 0.400. The van der Waals surface area contributed by atoms with Crippen LogP contribution in [0, 0.1) is 13.8 Å².